The van der Waals surface area contributed by atoms with Crippen LogP contribution in [0.3, 0.4) is 0 Å². The van der Waals surface area contributed by atoms with E-state index in [1.54, 1.807) is 14.2 Å². The molecule has 2 aliphatic heterocycles. The van der Waals surface area contributed by atoms with E-state index in [9.17, 15) is 0 Å². The van der Waals surface area contributed by atoms with Gasteiger partial charge in [-0.3, -0.25) is 4.90 Å². The van der Waals surface area contributed by atoms with E-state index >= 15 is 0 Å². The molecule has 2 saturated heterocycles. The Morgan fingerprint density at radius 1 is 0.900 bits per heavy atom. The minimum atomic E-state index is 0.313. The number of rotatable bonds is 8. The number of morpholine rings is 1. The molecular formula is C31H36N6O3. The number of ether oxygens (including phenoxy) is 3. The van der Waals surface area contributed by atoms with Crippen molar-refractivity contribution in [3.8, 4) is 22.9 Å². The summed E-state index contributed by atoms with van der Waals surface area (Å²) in [6, 6.07) is 19.0. The van der Waals surface area contributed by atoms with Crippen LogP contribution in [0.5, 0.6) is 11.5 Å². The first-order valence-electron chi connectivity index (χ1n) is 14.0. The average Bonchev–Trinajstić information content (AvgIpc) is 3.02. The van der Waals surface area contributed by atoms with Gasteiger partial charge >= 0.3 is 0 Å². The smallest absolute Gasteiger partial charge is 0.163 e. The summed E-state index contributed by atoms with van der Waals surface area (Å²) in [6.45, 7) is 6.19. The van der Waals surface area contributed by atoms with Crippen molar-refractivity contribution in [1.29, 1.82) is 0 Å². The predicted molar refractivity (Wildman–Crippen MR) is 157 cm³/mol. The topological polar surface area (TPSA) is 84.9 Å². The van der Waals surface area contributed by atoms with Gasteiger partial charge in [-0.25, -0.2) is 15.0 Å². The van der Waals surface area contributed by atoms with Crippen LogP contribution in [0.1, 0.15) is 18.4 Å². The van der Waals surface area contributed by atoms with Crippen LogP contribution in [-0.4, -0.2) is 79.5 Å². The molecule has 208 valence electrons. The molecule has 4 heterocycles. The number of nitrogens with zero attached hydrogens (tertiary/aromatic N) is 5. The number of anilines is 2. The molecule has 2 fully saturated rings. The number of nitrogens with one attached hydrogen (secondary N) is 1. The van der Waals surface area contributed by atoms with Gasteiger partial charge in [0.1, 0.15) is 11.6 Å². The molecule has 0 atom stereocenters. The summed E-state index contributed by atoms with van der Waals surface area (Å²) in [4.78, 5) is 19.4. The highest BCUT2D eigenvalue weighted by Crippen LogP contribution is 2.36. The molecule has 2 aliphatic rings. The van der Waals surface area contributed by atoms with Crippen molar-refractivity contribution in [2.24, 2.45) is 0 Å². The number of aromatic nitrogens is 3. The van der Waals surface area contributed by atoms with Crippen LogP contribution in [0.4, 0.5) is 11.6 Å². The van der Waals surface area contributed by atoms with Crippen LogP contribution in [-0.2, 0) is 11.3 Å². The maximum Gasteiger partial charge on any atom is 0.163 e. The van der Waals surface area contributed by atoms with Crippen molar-refractivity contribution >= 4 is 22.5 Å². The summed E-state index contributed by atoms with van der Waals surface area (Å²) in [5.74, 6) is 3.67. The number of methoxy groups -OCH3 is 2. The summed E-state index contributed by atoms with van der Waals surface area (Å²) >= 11 is 0. The maximum atomic E-state index is 5.61. The lowest BCUT2D eigenvalue weighted by Gasteiger charge is -2.33. The van der Waals surface area contributed by atoms with Crippen LogP contribution >= 0.6 is 0 Å². The largest absolute Gasteiger partial charge is 0.493 e. The second-order valence-electron chi connectivity index (χ2n) is 10.3. The maximum absolute atomic E-state index is 5.61. The molecule has 0 radical (unpaired) electrons. The number of hydrogen-bond donors (Lipinski definition) is 1. The van der Waals surface area contributed by atoms with Crippen molar-refractivity contribution in [2.45, 2.75) is 25.4 Å². The van der Waals surface area contributed by atoms with Gasteiger partial charge in [0.05, 0.1) is 33.0 Å². The molecular weight excluding hydrogens is 504 g/mol. The average molecular weight is 541 g/mol. The predicted octanol–water partition coefficient (Wildman–Crippen LogP) is 4.62. The molecule has 9 nitrogen and oxygen atoms in total. The lowest BCUT2D eigenvalue weighted by Crippen LogP contribution is -2.38. The van der Waals surface area contributed by atoms with E-state index < -0.39 is 0 Å². The zero-order chi connectivity index (χ0) is 27.3. The SMILES string of the molecule is COc1cc2nc(-c3ccc(N4CCOCC4)nc3)nc(NC3CCN(Cc4ccccc4)CC3)c2cc1OC. The van der Waals surface area contributed by atoms with Gasteiger partial charge in [-0.2, -0.15) is 0 Å². The number of piperidine rings is 1. The fourth-order valence-electron chi connectivity index (χ4n) is 5.46. The van der Waals surface area contributed by atoms with Crippen LogP contribution in [0, 0.1) is 0 Å². The normalized spacial score (nSPS) is 16.7. The number of pyridine rings is 1. The first-order chi connectivity index (χ1) is 19.7. The molecule has 4 aromatic rings. The Hall–Kier alpha value is -3.95. The molecule has 2 aromatic heterocycles. The van der Waals surface area contributed by atoms with Gasteiger partial charge in [0.15, 0.2) is 17.3 Å². The molecule has 2 aromatic carbocycles. The van der Waals surface area contributed by atoms with Gasteiger partial charge in [-0.1, -0.05) is 30.3 Å². The Labute approximate surface area is 235 Å². The van der Waals surface area contributed by atoms with Gasteiger partial charge in [-0.15, -0.1) is 0 Å². The van der Waals surface area contributed by atoms with Crippen LogP contribution in [0.25, 0.3) is 22.3 Å². The Morgan fingerprint density at radius 3 is 2.35 bits per heavy atom. The molecule has 0 spiro atoms. The Kier molecular flexibility index (Phi) is 7.92. The van der Waals surface area contributed by atoms with Gasteiger partial charge < -0.3 is 24.4 Å². The molecule has 0 aliphatic carbocycles. The minimum Gasteiger partial charge on any atom is -0.493 e. The van der Waals surface area contributed by atoms with Gasteiger partial charge in [0.25, 0.3) is 0 Å². The lowest BCUT2D eigenvalue weighted by molar-refractivity contribution is 0.122. The van der Waals surface area contributed by atoms with E-state index in [1.807, 2.05) is 30.5 Å². The van der Waals surface area contributed by atoms with Crippen molar-refractivity contribution < 1.29 is 14.2 Å². The quantitative estimate of drug-likeness (QED) is 0.344. The Bertz CT molecular complexity index is 1420. The molecule has 6 rings (SSSR count). The number of hydrogen-bond acceptors (Lipinski definition) is 9. The summed E-state index contributed by atoms with van der Waals surface area (Å²) in [7, 11) is 3.29. The Balaban J connectivity index is 1.26. The van der Waals surface area contributed by atoms with E-state index in [4.69, 9.17) is 29.2 Å². The van der Waals surface area contributed by atoms with E-state index in [1.165, 1.54) is 5.56 Å². The summed E-state index contributed by atoms with van der Waals surface area (Å²) in [5, 5.41) is 4.66. The summed E-state index contributed by atoms with van der Waals surface area (Å²) < 4.78 is 16.7. The third kappa shape index (κ3) is 5.80. The van der Waals surface area contributed by atoms with Gasteiger partial charge in [-0.05, 0) is 36.6 Å². The summed E-state index contributed by atoms with van der Waals surface area (Å²) in [6.07, 6.45) is 3.94. The number of fused-ring (bicyclic) bond motifs is 1. The third-order valence-corrected chi connectivity index (χ3v) is 7.72. The monoisotopic (exact) mass is 540 g/mol. The molecule has 9 heteroatoms. The standard InChI is InChI=1S/C31H36N6O3/c1-38-27-18-25-26(19-28(27)39-2)34-30(23-8-9-29(32-20-23)37-14-16-40-17-15-37)35-31(25)33-24-10-12-36(13-11-24)21-22-6-4-3-5-7-22/h3-9,18-20,24H,10-17,21H2,1-2H3,(H,33,34,35). The second-order valence-corrected chi connectivity index (χ2v) is 10.3. The molecule has 0 saturated carbocycles. The van der Waals surface area contributed by atoms with Crippen molar-refractivity contribution in [3.63, 3.8) is 0 Å². The van der Waals surface area contributed by atoms with E-state index in [0.29, 0.717) is 23.4 Å². The van der Waals surface area contributed by atoms with Crippen LogP contribution < -0.4 is 19.7 Å². The first-order valence-corrected chi connectivity index (χ1v) is 14.0. The highest BCUT2D eigenvalue weighted by molar-refractivity contribution is 5.93. The first kappa shape index (κ1) is 26.3. The molecule has 40 heavy (non-hydrogen) atoms. The van der Waals surface area contributed by atoms with Gasteiger partial charge in [0, 0.05) is 62.0 Å². The van der Waals surface area contributed by atoms with Crippen molar-refractivity contribution in [1.82, 2.24) is 19.9 Å². The van der Waals surface area contributed by atoms with Crippen molar-refractivity contribution in [2.75, 3.05) is 63.8 Å². The Morgan fingerprint density at radius 2 is 1.65 bits per heavy atom. The fraction of sp³-hybridized carbons (Fsp3) is 0.387. The third-order valence-electron chi connectivity index (χ3n) is 7.72. The van der Waals surface area contributed by atoms with Crippen LogP contribution in [0.15, 0.2) is 60.8 Å². The van der Waals surface area contributed by atoms with Crippen LogP contribution in [0.2, 0.25) is 0 Å². The lowest BCUT2D eigenvalue weighted by atomic mass is 10.0. The molecule has 0 bridgehead atoms. The highest BCUT2D eigenvalue weighted by atomic mass is 16.5. The zero-order valence-electron chi connectivity index (χ0n) is 23.2. The minimum absolute atomic E-state index is 0.313. The van der Waals surface area contributed by atoms with E-state index in [2.05, 4.69) is 45.4 Å². The fourth-order valence-corrected chi connectivity index (χ4v) is 5.46. The number of likely N-dealkylation sites (tertiary alicyclic amines) is 1. The molecule has 0 unspecified atom stereocenters. The zero-order valence-corrected chi connectivity index (χ0v) is 23.2. The van der Waals surface area contributed by atoms with E-state index in [-0.39, 0.29) is 0 Å². The summed E-state index contributed by atoms with van der Waals surface area (Å²) in [5.41, 5.74) is 3.02. The number of benzene rings is 2. The highest BCUT2D eigenvalue weighted by Gasteiger charge is 2.22. The molecule has 0 amide bonds. The van der Waals surface area contributed by atoms with Crippen molar-refractivity contribution in [3.05, 3.63) is 66.4 Å². The molecule has 1 N–H and O–H groups in total. The second kappa shape index (κ2) is 12.1. The van der Waals surface area contributed by atoms with E-state index in [0.717, 1.165) is 86.9 Å². The van der Waals surface area contributed by atoms with Gasteiger partial charge in [0.2, 0.25) is 0 Å².